The highest BCUT2D eigenvalue weighted by Gasteiger charge is 2.14. The Bertz CT molecular complexity index is 202. The predicted molar refractivity (Wildman–Crippen MR) is 91.2 cm³/mol. The maximum atomic E-state index is 3.94. The van der Waals surface area contributed by atoms with Crippen molar-refractivity contribution in [2.75, 3.05) is 0 Å². The minimum atomic E-state index is 0.697. The summed E-state index contributed by atoms with van der Waals surface area (Å²) in [6.45, 7) is 7.09. The summed E-state index contributed by atoms with van der Waals surface area (Å²) in [5, 5.41) is 3.94. The molecule has 0 heterocycles. The summed E-state index contributed by atoms with van der Waals surface area (Å²) in [5.74, 6) is 0.865. The van der Waals surface area contributed by atoms with Crippen molar-refractivity contribution in [3.63, 3.8) is 0 Å². The number of rotatable bonds is 5. The van der Waals surface area contributed by atoms with Crippen LogP contribution in [0.5, 0.6) is 0 Å². The van der Waals surface area contributed by atoms with Crippen molar-refractivity contribution in [2.24, 2.45) is 5.92 Å². The van der Waals surface area contributed by atoms with E-state index in [1.165, 1.54) is 83.5 Å². The largest absolute Gasteiger partial charge is 0.311 e. The third-order valence-corrected chi connectivity index (χ3v) is 5.08. The van der Waals surface area contributed by atoms with Crippen LogP contribution in [-0.2, 0) is 0 Å². The Balaban J connectivity index is 2.30. The zero-order valence-electron chi connectivity index (χ0n) is 14.4. The molecule has 0 spiro atoms. The molecule has 1 N–H and O–H groups in total. The molecule has 1 rings (SSSR count). The zero-order valence-corrected chi connectivity index (χ0v) is 14.4. The van der Waals surface area contributed by atoms with E-state index in [2.05, 4.69) is 26.1 Å². The van der Waals surface area contributed by atoms with E-state index in [0.717, 1.165) is 12.0 Å². The first-order valence-corrected chi connectivity index (χ1v) is 9.48. The average molecular weight is 282 g/mol. The molecule has 0 saturated heterocycles. The van der Waals surface area contributed by atoms with Gasteiger partial charge in [-0.05, 0) is 32.1 Å². The van der Waals surface area contributed by atoms with E-state index >= 15 is 0 Å². The smallest absolute Gasteiger partial charge is 0.00695 e. The second kappa shape index (κ2) is 11.6. The predicted octanol–water partition coefficient (Wildman–Crippen LogP) is 6.07. The topological polar surface area (TPSA) is 12.0 Å². The van der Waals surface area contributed by atoms with E-state index in [1.807, 2.05) is 0 Å². The first kappa shape index (κ1) is 18.0. The van der Waals surface area contributed by atoms with Crippen molar-refractivity contribution in [3.8, 4) is 0 Å². The molecular weight excluding hydrogens is 242 g/mol. The van der Waals surface area contributed by atoms with Gasteiger partial charge in [-0.2, -0.15) is 0 Å². The van der Waals surface area contributed by atoms with Crippen LogP contribution in [0.15, 0.2) is 0 Å². The maximum absolute atomic E-state index is 3.94. The van der Waals surface area contributed by atoms with Crippen molar-refractivity contribution in [3.05, 3.63) is 0 Å². The Morgan fingerprint density at radius 2 is 1.25 bits per heavy atom. The maximum Gasteiger partial charge on any atom is 0.00695 e. The fraction of sp³-hybridized carbons (Fsp3) is 1.00. The summed E-state index contributed by atoms with van der Waals surface area (Å²) in [7, 11) is 0. The summed E-state index contributed by atoms with van der Waals surface area (Å²) < 4.78 is 0. The van der Waals surface area contributed by atoms with Gasteiger partial charge in [-0.3, -0.25) is 0 Å². The molecule has 20 heavy (non-hydrogen) atoms. The number of nitrogens with one attached hydrogen (secondary N) is 1. The number of hydrogen-bond acceptors (Lipinski definition) is 1. The Kier molecular flexibility index (Phi) is 10.4. The van der Waals surface area contributed by atoms with E-state index in [-0.39, 0.29) is 0 Å². The van der Waals surface area contributed by atoms with Crippen LogP contribution in [0, 0.1) is 5.92 Å². The zero-order chi connectivity index (χ0) is 14.6. The Hall–Kier alpha value is -0.0400. The van der Waals surface area contributed by atoms with Gasteiger partial charge in [0.15, 0.2) is 0 Å². The van der Waals surface area contributed by atoms with Crippen LogP contribution >= 0.6 is 0 Å². The van der Waals surface area contributed by atoms with Gasteiger partial charge < -0.3 is 5.32 Å². The molecule has 1 heteroatoms. The lowest BCUT2D eigenvalue weighted by atomic mass is 9.95. The molecule has 0 radical (unpaired) electrons. The van der Waals surface area contributed by atoms with E-state index in [0.29, 0.717) is 6.04 Å². The Morgan fingerprint density at radius 1 is 0.800 bits per heavy atom. The molecule has 1 nitrogen and oxygen atoms in total. The third-order valence-electron chi connectivity index (χ3n) is 5.08. The highest BCUT2D eigenvalue weighted by atomic mass is 14.9. The highest BCUT2D eigenvalue weighted by molar-refractivity contribution is 4.73. The SMILES string of the molecule is CCC(C)CC(C)NC1CCCCCCCCCCC1. The van der Waals surface area contributed by atoms with Crippen molar-refractivity contribution >= 4 is 0 Å². The molecule has 0 aromatic carbocycles. The van der Waals surface area contributed by atoms with E-state index in [1.54, 1.807) is 0 Å². The van der Waals surface area contributed by atoms with Crippen LogP contribution < -0.4 is 5.32 Å². The lowest BCUT2D eigenvalue weighted by Gasteiger charge is -2.25. The summed E-state index contributed by atoms with van der Waals surface area (Å²) in [6.07, 6.45) is 18.6. The van der Waals surface area contributed by atoms with Gasteiger partial charge in [0, 0.05) is 12.1 Å². The fourth-order valence-electron chi connectivity index (χ4n) is 3.57. The van der Waals surface area contributed by atoms with Gasteiger partial charge in [-0.1, -0.05) is 78.1 Å². The molecule has 120 valence electrons. The summed E-state index contributed by atoms with van der Waals surface area (Å²) in [5.41, 5.74) is 0. The van der Waals surface area contributed by atoms with Crippen molar-refractivity contribution in [1.29, 1.82) is 0 Å². The monoisotopic (exact) mass is 281 g/mol. The van der Waals surface area contributed by atoms with Gasteiger partial charge in [0.05, 0.1) is 0 Å². The summed E-state index contributed by atoms with van der Waals surface area (Å²) in [4.78, 5) is 0. The standard InChI is InChI=1S/C19H39N/c1-4-17(2)16-18(3)20-19-14-12-10-8-6-5-7-9-11-13-15-19/h17-20H,4-16H2,1-3H3. The van der Waals surface area contributed by atoms with Crippen LogP contribution in [0.1, 0.15) is 104 Å². The number of hydrogen-bond donors (Lipinski definition) is 1. The fourth-order valence-corrected chi connectivity index (χ4v) is 3.57. The van der Waals surface area contributed by atoms with Crippen molar-refractivity contribution < 1.29 is 0 Å². The molecule has 2 atom stereocenters. The molecular formula is C19H39N. The Morgan fingerprint density at radius 3 is 1.70 bits per heavy atom. The normalized spacial score (nSPS) is 23.6. The van der Waals surface area contributed by atoms with Gasteiger partial charge in [0.2, 0.25) is 0 Å². The molecule has 1 fully saturated rings. The van der Waals surface area contributed by atoms with Crippen molar-refractivity contribution in [2.45, 2.75) is 116 Å². The molecule has 0 aromatic heterocycles. The van der Waals surface area contributed by atoms with Gasteiger partial charge >= 0.3 is 0 Å². The first-order valence-electron chi connectivity index (χ1n) is 9.48. The van der Waals surface area contributed by atoms with E-state index in [4.69, 9.17) is 0 Å². The molecule has 0 aromatic rings. The van der Waals surface area contributed by atoms with E-state index in [9.17, 15) is 0 Å². The molecule has 0 bridgehead atoms. The summed E-state index contributed by atoms with van der Waals surface area (Å²) in [6, 6.07) is 1.48. The van der Waals surface area contributed by atoms with Gasteiger partial charge in [-0.25, -0.2) is 0 Å². The van der Waals surface area contributed by atoms with Crippen LogP contribution in [-0.4, -0.2) is 12.1 Å². The van der Waals surface area contributed by atoms with Crippen molar-refractivity contribution in [1.82, 2.24) is 5.32 Å². The summed E-state index contributed by atoms with van der Waals surface area (Å²) >= 11 is 0. The Labute approximate surface area is 128 Å². The second-order valence-corrected chi connectivity index (χ2v) is 7.27. The first-order chi connectivity index (χ1) is 9.72. The van der Waals surface area contributed by atoms with Crippen LogP contribution in [0.3, 0.4) is 0 Å². The minimum absolute atomic E-state index is 0.697. The molecule has 1 saturated carbocycles. The highest BCUT2D eigenvalue weighted by Crippen LogP contribution is 2.18. The van der Waals surface area contributed by atoms with Crippen LogP contribution in [0.2, 0.25) is 0 Å². The molecule has 1 aliphatic rings. The van der Waals surface area contributed by atoms with Gasteiger partial charge in [-0.15, -0.1) is 0 Å². The molecule has 0 amide bonds. The molecule has 0 aliphatic heterocycles. The quantitative estimate of drug-likeness (QED) is 0.644. The van der Waals surface area contributed by atoms with Gasteiger partial charge in [0.25, 0.3) is 0 Å². The molecule has 2 unspecified atom stereocenters. The van der Waals surface area contributed by atoms with E-state index < -0.39 is 0 Å². The minimum Gasteiger partial charge on any atom is -0.311 e. The van der Waals surface area contributed by atoms with Crippen LogP contribution in [0.25, 0.3) is 0 Å². The average Bonchev–Trinajstić information content (AvgIpc) is 2.41. The van der Waals surface area contributed by atoms with Gasteiger partial charge in [0.1, 0.15) is 0 Å². The van der Waals surface area contributed by atoms with Crippen LogP contribution in [0.4, 0.5) is 0 Å². The third kappa shape index (κ3) is 9.00. The lowest BCUT2D eigenvalue weighted by Crippen LogP contribution is -2.37. The second-order valence-electron chi connectivity index (χ2n) is 7.27. The molecule has 1 aliphatic carbocycles. The lowest BCUT2D eigenvalue weighted by molar-refractivity contribution is 0.334.